The molecule has 7 nitrogen and oxygen atoms in total. The summed E-state index contributed by atoms with van der Waals surface area (Å²) in [5.74, 6) is 0.375. The fourth-order valence-corrected chi connectivity index (χ4v) is 3.49. The lowest BCUT2D eigenvalue weighted by Gasteiger charge is -2.12. The molecule has 0 saturated carbocycles. The largest absolute Gasteiger partial charge is 0.495 e. The van der Waals surface area contributed by atoms with Gasteiger partial charge in [-0.15, -0.1) is 0 Å². The monoisotopic (exact) mass is 356 g/mol. The SMILES string of the molecule is COc1ccc(C)cc1NS(=O)(=O)c1ccc(S(N)(=O)=O)cc1. The van der Waals surface area contributed by atoms with Gasteiger partial charge < -0.3 is 4.74 Å². The van der Waals surface area contributed by atoms with Crippen molar-refractivity contribution in [3.05, 3.63) is 48.0 Å². The minimum atomic E-state index is -3.89. The Labute approximate surface area is 135 Å². The molecule has 2 aromatic carbocycles. The molecule has 0 unspecified atom stereocenters. The highest BCUT2D eigenvalue weighted by Crippen LogP contribution is 2.28. The van der Waals surface area contributed by atoms with E-state index in [4.69, 9.17) is 9.88 Å². The van der Waals surface area contributed by atoms with Crippen LogP contribution in [0.4, 0.5) is 5.69 Å². The average molecular weight is 356 g/mol. The van der Waals surface area contributed by atoms with Crippen molar-refractivity contribution in [3.8, 4) is 5.75 Å². The number of methoxy groups -OCH3 is 1. The molecule has 124 valence electrons. The first-order chi connectivity index (χ1) is 10.6. The number of hydrogen-bond acceptors (Lipinski definition) is 5. The van der Waals surface area contributed by atoms with Crippen LogP contribution in [0.3, 0.4) is 0 Å². The van der Waals surface area contributed by atoms with Crippen molar-refractivity contribution in [2.45, 2.75) is 16.7 Å². The summed E-state index contributed by atoms with van der Waals surface area (Å²) in [6.07, 6.45) is 0. The predicted molar refractivity (Wildman–Crippen MR) is 86.4 cm³/mol. The maximum absolute atomic E-state index is 12.4. The van der Waals surface area contributed by atoms with Gasteiger partial charge in [-0.3, -0.25) is 4.72 Å². The van der Waals surface area contributed by atoms with E-state index in [-0.39, 0.29) is 9.79 Å². The third kappa shape index (κ3) is 4.01. The number of benzene rings is 2. The minimum absolute atomic E-state index is 0.0894. The highest BCUT2D eigenvalue weighted by atomic mass is 32.2. The Morgan fingerprint density at radius 2 is 1.52 bits per heavy atom. The summed E-state index contributed by atoms with van der Waals surface area (Å²) in [6.45, 7) is 1.82. The highest BCUT2D eigenvalue weighted by Gasteiger charge is 2.18. The van der Waals surface area contributed by atoms with Crippen molar-refractivity contribution >= 4 is 25.7 Å². The maximum atomic E-state index is 12.4. The van der Waals surface area contributed by atoms with Crippen LogP contribution in [0.25, 0.3) is 0 Å². The molecule has 2 rings (SSSR count). The van der Waals surface area contributed by atoms with Gasteiger partial charge in [0.2, 0.25) is 10.0 Å². The molecule has 0 atom stereocenters. The van der Waals surface area contributed by atoms with Crippen molar-refractivity contribution in [2.24, 2.45) is 5.14 Å². The molecule has 0 aliphatic carbocycles. The fraction of sp³-hybridized carbons (Fsp3) is 0.143. The Morgan fingerprint density at radius 1 is 0.957 bits per heavy atom. The van der Waals surface area contributed by atoms with Crippen LogP contribution < -0.4 is 14.6 Å². The van der Waals surface area contributed by atoms with Gasteiger partial charge in [-0.2, -0.15) is 0 Å². The zero-order valence-corrected chi connectivity index (χ0v) is 14.1. The van der Waals surface area contributed by atoms with Crippen LogP contribution in [-0.2, 0) is 20.0 Å². The third-order valence-electron chi connectivity index (χ3n) is 3.06. The maximum Gasteiger partial charge on any atom is 0.262 e. The Hall–Kier alpha value is -2.10. The van der Waals surface area contributed by atoms with Gasteiger partial charge in [0, 0.05) is 0 Å². The van der Waals surface area contributed by atoms with Gasteiger partial charge in [0.1, 0.15) is 5.75 Å². The molecule has 0 fully saturated rings. The second kappa shape index (κ2) is 6.19. The third-order valence-corrected chi connectivity index (χ3v) is 5.37. The van der Waals surface area contributed by atoms with Crippen LogP contribution in [0.5, 0.6) is 5.75 Å². The smallest absolute Gasteiger partial charge is 0.262 e. The van der Waals surface area contributed by atoms with E-state index >= 15 is 0 Å². The molecule has 0 aliphatic rings. The van der Waals surface area contributed by atoms with Crippen molar-refractivity contribution in [1.82, 2.24) is 0 Å². The molecule has 3 N–H and O–H groups in total. The van der Waals surface area contributed by atoms with E-state index in [0.717, 1.165) is 17.7 Å². The summed E-state index contributed by atoms with van der Waals surface area (Å²) < 4.78 is 54.7. The predicted octanol–water partition coefficient (Wildman–Crippen LogP) is 1.45. The Kier molecular flexibility index (Phi) is 4.64. The number of rotatable bonds is 5. The molecule has 0 spiro atoms. The Bertz CT molecular complexity index is 920. The van der Waals surface area contributed by atoms with E-state index in [1.54, 1.807) is 18.2 Å². The lowest BCUT2D eigenvalue weighted by atomic mass is 10.2. The lowest BCUT2D eigenvalue weighted by Crippen LogP contribution is -2.15. The van der Waals surface area contributed by atoms with Gasteiger partial charge >= 0.3 is 0 Å². The quantitative estimate of drug-likeness (QED) is 0.841. The Balaban J connectivity index is 2.38. The standard InChI is InChI=1S/C14H16N2O5S2/c1-10-3-8-14(21-2)13(9-10)16-23(19,20)12-6-4-11(5-7-12)22(15,17)18/h3-9,16H,1-2H3,(H2,15,17,18). The average Bonchev–Trinajstić information content (AvgIpc) is 2.46. The number of hydrogen-bond donors (Lipinski definition) is 2. The van der Waals surface area contributed by atoms with Gasteiger partial charge in [-0.1, -0.05) is 6.07 Å². The molecular weight excluding hydrogens is 340 g/mol. The zero-order valence-electron chi connectivity index (χ0n) is 12.5. The van der Waals surface area contributed by atoms with Crippen LogP contribution in [0.2, 0.25) is 0 Å². The summed E-state index contributed by atoms with van der Waals surface area (Å²) in [5, 5.41) is 4.98. The number of anilines is 1. The summed E-state index contributed by atoms with van der Waals surface area (Å²) in [7, 11) is -6.33. The number of aryl methyl sites for hydroxylation is 1. The van der Waals surface area contributed by atoms with E-state index in [0.29, 0.717) is 11.4 Å². The lowest BCUT2D eigenvalue weighted by molar-refractivity contribution is 0.417. The molecule has 0 saturated heterocycles. The van der Waals surface area contributed by atoms with E-state index < -0.39 is 20.0 Å². The molecule has 0 aromatic heterocycles. The van der Waals surface area contributed by atoms with Crippen LogP contribution in [0, 0.1) is 6.92 Å². The number of nitrogens with one attached hydrogen (secondary N) is 1. The van der Waals surface area contributed by atoms with Crippen LogP contribution in [0.1, 0.15) is 5.56 Å². The van der Waals surface area contributed by atoms with Gasteiger partial charge in [0.25, 0.3) is 10.0 Å². The van der Waals surface area contributed by atoms with Crippen LogP contribution in [-0.4, -0.2) is 23.9 Å². The second-order valence-corrected chi connectivity index (χ2v) is 8.07. The van der Waals surface area contributed by atoms with Crippen molar-refractivity contribution < 1.29 is 21.6 Å². The number of ether oxygens (including phenoxy) is 1. The first-order valence-electron chi connectivity index (χ1n) is 6.44. The molecule has 0 amide bonds. The molecule has 0 heterocycles. The molecule has 0 radical (unpaired) electrons. The van der Waals surface area contributed by atoms with Crippen LogP contribution >= 0.6 is 0 Å². The van der Waals surface area contributed by atoms with Crippen molar-refractivity contribution in [2.75, 3.05) is 11.8 Å². The molecule has 9 heteroatoms. The topological polar surface area (TPSA) is 116 Å². The Morgan fingerprint density at radius 3 is 2.04 bits per heavy atom. The van der Waals surface area contributed by atoms with Gasteiger partial charge in [-0.25, -0.2) is 22.0 Å². The van der Waals surface area contributed by atoms with E-state index in [1.807, 2.05) is 6.92 Å². The van der Waals surface area contributed by atoms with Crippen LogP contribution in [0.15, 0.2) is 52.3 Å². The molecule has 0 aliphatic heterocycles. The highest BCUT2D eigenvalue weighted by molar-refractivity contribution is 7.92. The summed E-state index contributed by atoms with van der Waals surface area (Å²) in [5.41, 5.74) is 1.15. The first-order valence-corrected chi connectivity index (χ1v) is 9.47. The molecular formula is C14H16N2O5S2. The minimum Gasteiger partial charge on any atom is -0.495 e. The summed E-state index contributed by atoms with van der Waals surface area (Å²) in [4.78, 5) is -0.252. The van der Waals surface area contributed by atoms with Crippen molar-refractivity contribution in [1.29, 1.82) is 0 Å². The van der Waals surface area contributed by atoms with E-state index in [2.05, 4.69) is 4.72 Å². The van der Waals surface area contributed by atoms with Gasteiger partial charge in [0.05, 0.1) is 22.6 Å². The van der Waals surface area contributed by atoms with Crippen molar-refractivity contribution in [3.63, 3.8) is 0 Å². The van der Waals surface area contributed by atoms with E-state index in [1.165, 1.54) is 19.2 Å². The molecule has 2 aromatic rings. The second-order valence-electron chi connectivity index (χ2n) is 4.83. The van der Waals surface area contributed by atoms with Gasteiger partial charge in [-0.05, 0) is 48.9 Å². The molecule has 23 heavy (non-hydrogen) atoms. The molecule has 0 bridgehead atoms. The van der Waals surface area contributed by atoms with E-state index in [9.17, 15) is 16.8 Å². The number of primary sulfonamides is 1. The summed E-state index contributed by atoms with van der Waals surface area (Å²) >= 11 is 0. The normalized spacial score (nSPS) is 12.0. The fourth-order valence-electron chi connectivity index (χ4n) is 1.91. The zero-order chi connectivity index (χ0) is 17.3. The number of sulfonamides is 2. The number of nitrogens with two attached hydrogens (primary N) is 1. The van der Waals surface area contributed by atoms with Gasteiger partial charge in [0.15, 0.2) is 0 Å². The summed E-state index contributed by atoms with van der Waals surface area (Å²) in [6, 6.07) is 9.69. The first kappa shape index (κ1) is 17.3.